The number of nitrogens with zero attached hydrogens (tertiary/aromatic N) is 2. The number of morpholine rings is 1. The molecule has 0 radical (unpaired) electrons. The quantitative estimate of drug-likeness (QED) is 0.349. The van der Waals surface area contributed by atoms with Gasteiger partial charge in [0.2, 0.25) is 10.0 Å². The molecule has 1 N–H and O–H groups in total. The van der Waals surface area contributed by atoms with Crippen molar-refractivity contribution >= 4 is 33.2 Å². The molecular weight excluding hydrogens is 690 g/mol. The number of carbonyl (C=O) groups excluding carboxylic acids is 1. The van der Waals surface area contributed by atoms with Crippen LogP contribution in [-0.4, -0.2) is 96.8 Å². The number of hydrogen-bond acceptors (Lipinski definition) is 9. The smallest absolute Gasteiger partial charge is 0.264 e. The van der Waals surface area contributed by atoms with E-state index in [1.807, 2.05) is 37.3 Å². The number of nitrogens with one attached hydrogen (secondary N) is 1. The van der Waals surface area contributed by atoms with Gasteiger partial charge in [0.1, 0.15) is 12.4 Å². The van der Waals surface area contributed by atoms with Crippen molar-refractivity contribution in [2.45, 2.75) is 69.8 Å². The molecule has 0 aromatic heterocycles. The molecule has 1 amide bonds. The average molecular weight is 744 g/mol. The van der Waals surface area contributed by atoms with Gasteiger partial charge in [-0.25, -0.2) is 13.1 Å². The molecule has 1 saturated carbocycles. The van der Waals surface area contributed by atoms with E-state index in [2.05, 4.69) is 26.7 Å². The van der Waals surface area contributed by atoms with Crippen LogP contribution in [0.3, 0.4) is 0 Å². The van der Waals surface area contributed by atoms with Crippen LogP contribution >= 0.6 is 11.6 Å². The number of benzene rings is 2. The number of aryl methyl sites for hydroxylation is 1. The van der Waals surface area contributed by atoms with E-state index < -0.39 is 21.2 Å². The lowest BCUT2D eigenvalue weighted by atomic mass is 9.70. The summed E-state index contributed by atoms with van der Waals surface area (Å²) >= 11 is 6.38. The summed E-state index contributed by atoms with van der Waals surface area (Å²) < 4.78 is 54.1. The second-order valence-electron chi connectivity index (χ2n) is 14.5. The van der Waals surface area contributed by atoms with Crippen LogP contribution in [0.25, 0.3) is 0 Å². The van der Waals surface area contributed by atoms with Crippen molar-refractivity contribution in [2.24, 2.45) is 17.8 Å². The van der Waals surface area contributed by atoms with E-state index in [0.717, 1.165) is 89.3 Å². The molecule has 3 aliphatic heterocycles. The molecule has 12 heteroatoms. The lowest BCUT2D eigenvalue weighted by molar-refractivity contribution is -0.0314. The summed E-state index contributed by atoms with van der Waals surface area (Å²) in [6.45, 7) is 8.93. The zero-order chi connectivity index (χ0) is 35.8. The predicted molar refractivity (Wildman–Crippen MR) is 200 cm³/mol. The Kier molecular flexibility index (Phi) is 13.4. The van der Waals surface area contributed by atoms with Crippen molar-refractivity contribution in [2.75, 3.05) is 71.2 Å². The molecule has 2 aromatic carbocycles. The zero-order valence-electron chi connectivity index (χ0n) is 30.1. The lowest BCUT2D eigenvalue weighted by Crippen LogP contribution is -2.45. The molecule has 5 atom stereocenters. The molecule has 2 bridgehead atoms. The lowest BCUT2D eigenvalue weighted by Gasteiger charge is -2.44. The molecule has 1 aliphatic carbocycles. The first kappa shape index (κ1) is 38.1. The van der Waals surface area contributed by atoms with Crippen LogP contribution in [0.1, 0.15) is 66.9 Å². The van der Waals surface area contributed by atoms with Crippen LogP contribution in [-0.2, 0) is 37.3 Å². The van der Waals surface area contributed by atoms with Crippen molar-refractivity contribution in [3.05, 3.63) is 70.3 Å². The first-order valence-corrected chi connectivity index (χ1v) is 20.6. The molecule has 0 unspecified atom stereocenters. The fourth-order valence-electron chi connectivity index (χ4n) is 7.90. The number of allylic oxidation sites excluding steroid dienone is 1. The maximum Gasteiger partial charge on any atom is 0.264 e. The maximum absolute atomic E-state index is 13.8. The van der Waals surface area contributed by atoms with Crippen molar-refractivity contribution in [3.8, 4) is 5.75 Å². The van der Waals surface area contributed by atoms with Gasteiger partial charge in [0.15, 0.2) is 0 Å². The SMILES string of the molecule is COCC[C@@H]1[C@@H](C)C/C=C/[C@H](OCCN2CCOCC2)[C@@H]2CC[C@H]2CN2CCCCc3cc(Cl)ccc3COc3ccc(cc32)C(=O)NS1(=O)=O. The van der Waals surface area contributed by atoms with E-state index >= 15 is 0 Å². The molecule has 280 valence electrons. The maximum atomic E-state index is 13.8. The largest absolute Gasteiger partial charge is 0.487 e. The number of rotatable bonds is 7. The van der Waals surface area contributed by atoms with Gasteiger partial charge in [-0.15, -0.1) is 0 Å². The van der Waals surface area contributed by atoms with Crippen molar-refractivity contribution < 1.29 is 32.2 Å². The monoisotopic (exact) mass is 743 g/mol. The number of fused-ring (bicyclic) bond motifs is 3. The zero-order valence-corrected chi connectivity index (χ0v) is 31.6. The van der Waals surface area contributed by atoms with Gasteiger partial charge >= 0.3 is 0 Å². The first-order chi connectivity index (χ1) is 24.7. The Bertz CT molecular complexity index is 1620. The van der Waals surface area contributed by atoms with Gasteiger partial charge in [-0.2, -0.15) is 0 Å². The van der Waals surface area contributed by atoms with E-state index in [1.165, 1.54) is 5.56 Å². The summed E-state index contributed by atoms with van der Waals surface area (Å²) in [6, 6.07) is 11.2. The number of ether oxygens (including phenoxy) is 4. The summed E-state index contributed by atoms with van der Waals surface area (Å²) in [5.74, 6) is 0.477. The van der Waals surface area contributed by atoms with Gasteiger partial charge in [-0.1, -0.05) is 36.7 Å². The van der Waals surface area contributed by atoms with Crippen LogP contribution in [0.2, 0.25) is 5.02 Å². The summed E-state index contributed by atoms with van der Waals surface area (Å²) in [5.41, 5.74) is 3.36. The van der Waals surface area contributed by atoms with Crippen molar-refractivity contribution in [1.29, 1.82) is 0 Å². The number of hydrogen-bond donors (Lipinski definition) is 1. The summed E-state index contributed by atoms with van der Waals surface area (Å²) in [7, 11) is -2.47. The molecular formula is C39H54ClN3O7S. The Morgan fingerprint density at radius 3 is 2.65 bits per heavy atom. The van der Waals surface area contributed by atoms with Crippen LogP contribution in [0, 0.1) is 17.8 Å². The summed E-state index contributed by atoms with van der Waals surface area (Å²) in [6.07, 6.45) is 9.96. The van der Waals surface area contributed by atoms with Gasteiger partial charge < -0.3 is 23.8 Å². The Morgan fingerprint density at radius 2 is 1.86 bits per heavy atom. The van der Waals surface area contributed by atoms with Crippen LogP contribution in [0.15, 0.2) is 48.6 Å². The number of carbonyl (C=O) groups is 1. The van der Waals surface area contributed by atoms with Crippen LogP contribution in [0.5, 0.6) is 5.75 Å². The Hall–Kier alpha value is -2.67. The van der Waals surface area contributed by atoms with Crippen molar-refractivity contribution in [3.63, 3.8) is 0 Å². The third-order valence-corrected chi connectivity index (χ3v) is 13.3. The second-order valence-corrected chi connectivity index (χ2v) is 16.9. The fraction of sp³-hybridized carbons (Fsp3) is 0.615. The molecule has 3 heterocycles. The standard InChI is InChI=1S/C39H54ClN3O7S/c1-28-6-5-8-36(49-23-19-42-17-21-48-22-18-42)34-13-10-31(34)26-43-16-4-3-7-29-24-33(40)12-9-32(29)27-50-37-14-11-30(25-35(37)43)39(44)41-51(45,46)38(28)15-20-47-2/h5,8-9,11-12,14,24-25,28,31,34,36,38H,3-4,6-7,10,13,15-23,26-27H2,1-2H3,(H,41,44)/b8-5+/t28-,31-,34+,36-,38+/m0/s1. The molecule has 1 saturated heterocycles. The highest BCUT2D eigenvalue weighted by molar-refractivity contribution is 7.90. The number of methoxy groups -OCH3 is 1. The predicted octanol–water partition coefficient (Wildman–Crippen LogP) is 5.87. The highest BCUT2D eigenvalue weighted by Crippen LogP contribution is 2.42. The molecule has 51 heavy (non-hydrogen) atoms. The number of amides is 1. The average Bonchev–Trinajstić information content (AvgIpc) is 3.13. The van der Waals surface area contributed by atoms with Gasteiger partial charge in [0, 0.05) is 57.0 Å². The Labute approximate surface area is 308 Å². The molecule has 2 fully saturated rings. The number of sulfonamides is 1. The van der Waals surface area contributed by atoms with Crippen LogP contribution in [0.4, 0.5) is 5.69 Å². The van der Waals surface area contributed by atoms with E-state index in [9.17, 15) is 13.2 Å². The summed E-state index contributed by atoms with van der Waals surface area (Å²) in [4.78, 5) is 18.5. The molecule has 4 aliphatic rings. The van der Waals surface area contributed by atoms with Crippen LogP contribution < -0.4 is 14.4 Å². The topological polar surface area (TPSA) is 107 Å². The molecule has 2 aromatic rings. The fourth-order valence-corrected chi connectivity index (χ4v) is 9.76. The minimum Gasteiger partial charge on any atom is -0.487 e. The van der Waals surface area contributed by atoms with Gasteiger partial charge in [0.25, 0.3) is 5.91 Å². The molecule has 0 spiro atoms. The third kappa shape index (κ3) is 9.86. The second kappa shape index (κ2) is 17.9. The Balaban J connectivity index is 1.33. The molecule has 10 nitrogen and oxygen atoms in total. The minimum atomic E-state index is -4.03. The van der Waals surface area contributed by atoms with Crippen molar-refractivity contribution in [1.82, 2.24) is 9.62 Å². The van der Waals surface area contributed by atoms with E-state index in [-0.39, 0.29) is 30.6 Å². The van der Waals surface area contributed by atoms with Gasteiger partial charge in [-0.05, 0) is 104 Å². The highest BCUT2D eigenvalue weighted by atomic mass is 35.5. The number of anilines is 1. The minimum absolute atomic E-state index is 0.0798. The summed E-state index contributed by atoms with van der Waals surface area (Å²) in [5, 5.41) is -0.101. The molecule has 6 rings (SSSR count). The highest BCUT2D eigenvalue weighted by Gasteiger charge is 2.39. The van der Waals surface area contributed by atoms with E-state index in [0.29, 0.717) is 42.2 Å². The normalized spacial score (nSPS) is 28.2. The first-order valence-electron chi connectivity index (χ1n) is 18.6. The van der Waals surface area contributed by atoms with Gasteiger partial charge in [0.05, 0.1) is 36.9 Å². The van der Waals surface area contributed by atoms with E-state index in [4.69, 9.17) is 30.5 Å². The Morgan fingerprint density at radius 1 is 1.02 bits per heavy atom. The van der Waals surface area contributed by atoms with E-state index in [1.54, 1.807) is 13.2 Å². The third-order valence-electron chi connectivity index (χ3n) is 11.1. The van der Waals surface area contributed by atoms with Gasteiger partial charge in [-0.3, -0.25) is 9.69 Å². The number of halogens is 1.